The van der Waals surface area contributed by atoms with Crippen LogP contribution in [0.3, 0.4) is 0 Å². The molecule has 0 unspecified atom stereocenters. The maximum absolute atomic E-state index is 13.8. The van der Waals surface area contributed by atoms with Crippen LogP contribution < -0.4 is 4.74 Å². The van der Waals surface area contributed by atoms with Crippen molar-refractivity contribution in [2.75, 3.05) is 12.9 Å². The van der Waals surface area contributed by atoms with Gasteiger partial charge in [-0.1, -0.05) is 54.1 Å². The quantitative estimate of drug-likeness (QED) is 0.176. The van der Waals surface area contributed by atoms with Gasteiger partial charge < -0.3 is 9.30 Å². The van der Waals surface area contributed by atoms with Gasteiger partial charge >= 0.3 is 0 Å². The molecule has 1 amide bonds. The van der Waals surface area contributed by atoms with Crippen molar-refractivity contribution in [3.63, 3.8) is 0 Å². The third kappa shape index (κ3) is 5.70. The fourth-order valence-corrected chi connectivity index (χ4v) is 6.40. The topological polar surface area (TPSA) is 46.8 Å². The monoisotopic (exact) mass is 577 g/mol. The molecular weight excluding hydrogens is 545 g/mol. The Labute approximate surface area is 249 Å². The number of carbonyl (C=O) groups excluding carboxylic acids is 1. The third-order valence-corrected chi connectivity index (χ3v) is 8.82. The lowest BCUT2D eigenvalue weighted by atomic mass is 9.98. The number of hydrazone groups is 1. The van der Waals surface area contributed by atoms with Crippen LogP contribution in [0.15, 0.2) is 107 Å². The Hall–Kier alpha value is -4.36. The number of hydrogen-bond donors (Lipinski definition) is 0. The minimum absolute atomic E-state index is 0.0933. The minimum Gasteiger partial charge on any atom is -0.497 e. The molecule has 0 spiro atoms. The van der Waals surface area contributed by atoms with Crippen molar-refractivity contribution in [3.8, 4) is 5.75 Å². The number of nitrogens with zero attached hydrogens (tertiary/aromatic N) is 3. The molecule has 42 heavy (non-hydrogen) atoms. The summed E-state index contributed by atoms with van der Waals surface area (Å²) in [5.41, 5.74) is 7.52. The Bertz CT molecular complexity index is 1780. The molecule has 1 aliphatic heterocycles. The summed E-state index contributed by atoms with van der Waals surface area (Å²) in [6.45, 7) is 5.02. The number of hydrogen-bond acceptors (Lipinski definition) is 4. The highest BCUT2D eigenvalue weighted by Crippen LogP contribution is 2.36. The van der Waals surface area contributed by atoms with Gasteiger partial charge in [-0.15, -0.1) is 11.8 Å². The first-order valence-electron chi connectivity index (χ1n) is 14.0. The van der Waals surface area contributed by atoms with Crippen LogP contribution in [0.5, 0.6) is 5.75 Å². The number of carbonyl (C=O) groups is 1. The Morgan fingerprint density at radius 2 is 1.76 bits per heavy atom. The van der Waals surface area contributed by atoms with E-state index in [-0.39, 0.29) is 23.5 Å². The number of rotatable bonds is 8. The van der Waals surface area contributed by atoms with Crippen molar-refractivity contribution in [3.05, 3.63) is 131 Å². The molecule has 4 aromatic carbocycles. The molecule has 6 rings (SSSR count). The molecule has 2 heterocycles. The predicted octanol–water partition coefficient (Wildman–Crippen LogP) is 7.92. The van der Waals surface area contributed by atoms with Crippen molar-refractivity contribution in [1.82, 2.24) is 9.58 Å². The molecular formula is C35H32FN3O2S. The molecule has 0 saturated carbocycles. The number of benzene rings is 4. The van der Waals surface area contributed by atoms with Crippen molar-refractivity contribution in [1.29, 1.82) is 0 Å². The highest BCUT2D eigenvalue weighted by Gasteiger charge is 2.33. The number of para-hydroxylation sites is 1. The number of ether oxygens (including phenoxy) is 1. The molecule has 0 fully saturated rings. The number of thioether (sulfide) groups is 1. The summed E-state index contributed by atoms with van der Waals surface area (Å²) in [7, 11) is 1.63. The van der Waals surface area contributed by atoms with E-state index in [1.54, 1.807) is 24.3 Å². The molecule has 0 saturated heterocycles. The third-order valence-electron chi connectivity index (χ3n) is 7.79. The van der Waals surface area contributed by atoms with Crippen LogP contribution in [0.2, 0.25) is 0 Å². The van der Waals surface area contributed by atoms with E-state index in [0.717, 1.165) is 44.9 Å². The van der Waals surface area contributed by atoms with E-state index in [9.17, 15) is 9.18 Å². The number of amides is 1. The number of methoxy groups -OCH3 is 1. The smallest absolute Gasteiger partial charge is 0.253 e. The molecule has 1 aromatic heterocycles. The molecule has 0 N–H and O–H groups in total. The zero-order valence-electron chi connectivity index (χ0n) is 23.9. The maximum atomic E-state index is 13.8. The van der Waals surface area contributed by atoms with E-state index >= 15 is 0 Å². The van der Waals surface area contributed by atoms with Gasteiger partial charge in [-0.3, -0.25) is 4.79 Å². The second-order valence-electron chi connectivity index (χ2n) is 10.6. The first-order valence-corrected chi connectivity index (χ1v) is 14.9. The van der Waals surface area contributed by atoms with Gasteiger partial charge in [0.05, 0.1) is 24.6 Å². The van der Waals surface area contributed by atoms with Crippen LogP contribution >= 0.6 is 11.8 Å². The Morgan fingerprint density at radius 1 is 1.00 bits per heavy atom. The zero-order valence-corrected chi connectivity index (χ0v) is 24.7. The molecule has 1 atom stereocenters. The van der Waals surface area contributed by atoms with E-state index < -0.39 is 0 Å². The molecule has 1 aliphatic rings. The van der Waals surface area contributed by atoms with Crippen LogP contribution in [-0.4, -0.2) is 34.1 Å². The van der Waals surface area contributed by atoms with Crippen molar-refractivity contribution in [2.45, 2.75) is 37.8 Å². The summed E-state index contributed by atoms with van der Waals surface area (Å²) < 4.78 is 21.3. The Balaban J connectivity index is 1.26. The molecule has 5 aromatic rings. The summed E-state index contributed by atoms with van der Waals surface area (Å²) in [6, 6.07) is 28.6. The van der Waals surface area contributed by atoms with Crippen LogP contribution in [0, 0.1) is 19.7 Å². The average Bonchev–Trinajstić information content (AvgIpc) is 3.61. The SMILES string of the molecule is COc1ccc(C2=NN(C(=O)CSc3cn(Cc4cc(C)ccc4C)c4ccccc34)[C@@H](c3ccc(F)cc3)C2)cc1. The molecule has 7 heteroatoms. The predicted molar refractivity (Wildman–Crippen MR) is 168 cm³/mol. The van der Waals surface area contributed by atoms with Gasteiger partial charge in [0.25, 0.3) is 5.91 Å². The number of aryl methyl sites for hydroxylation is 2. The first kappa shape index (κ1) is 27.8. The van der Waals surface area contributed by atoms with Crippen molar-refractivity contribution < 1.29 is 13.9 Å². The van der Waals surface area contributed by atoms with E-state index in [0.29, 0.717) is 6.42 Å². The second-order valence-corrected chi connectivity index (χ2v) is 11.7. The van der Waals surface area contributed by atoms with Gasteiger partial charge in [-0.2, -0.15) is 5.10 Å². The second kappa shape index (κ2) is 11.9. The first-order chi connectivity index (χ1) is 20.4. The fraction of sp³-hybridized carbons (Fsp3) is 0.200. The number of fused-ring (bicyclic) bond motifs is 1. The van der Waals surface area contributed by atoms with Gasteiger partial charge in [0.1, 0.15) is 11.6 Å². The highest BCUT2D eigenvalue weighted by atomic mass is 32.2. The lowest BCUT2D eigenvalue weighted by Gasteiger charge is -2.22. The van der Waals surface area contributed by atoms with Crippen molar-refractivity contribution in [2.24, 2.45) is 5.10 Å². The van der Waals surface area contributed by atoms with Gasteiger partial charge in [0.2, 0.25) is 0 Å². The minimum atomic E-state index is -0.307. The van der Waals surface area contributed by atoms with Crippen LogP contribution in [0.1, 0.15) is 40.3 Å². The summed E-state index contributed by atoms with van der Waals surface area (Å²) >= 11 is 1.53. The average molecular weight is 578 g/mol. The molecule has 0 radical (unpaired) electrons. The highest BCUT2D eigenvalue weighted by molar-refractivity contribution is 8.00. The van der Waals surface area contributed by atoms with Gasteiger partial charge in [-0.25, -0.2) is 9.40 Å². The summed E-state index contributed by atoms with van der Waals surface area (Å²) in [5, 5.41) is 7.50. The zero-order chi connectivity index (χ0) is 29.2. The summed E-state index contributed by atoms with van der Waals surface area (Å²) in [5.74, 6) is 0.589. The van der Waals surface area contributed by atoms with Crippen LogP contribution in [-0.2, 0) is 11.3 Å². The van der Waals surface area contributed by atoms with E-state index in [4.69, 9.17) is 9.84 Å². The lowest BCUT2D eigenvalue weighted by Crippen LogP contribution is -2.28. The largest absolute Gasteiger partial charge is 0.497 e. The van der Waals surface area contributed by atoms with Gasteiger partial charge in [0.15, 0.2) is 0 Å². The normalized spacial score (nSPS) is 14.8. The van der Waals surface area contributed by atoms with E-state index in [1.807, 2.05) is 30.3 Å². The fourth-order valence-electron chi connectivity index (χ4n) is 5.46. The van der Waals surface area contributed by atoms with Crippen molar-refractivity contribution >= 4 is 34.3 Å². The lowest BCUT2D eigenvalue weighted by molar-refractivity contribution is -0.130. The van der Waals surface area contributed by atoms with Crippen LogP contribution in [0.4, 0.5) is 4.39 Å². The standard InChI is InChI=1S/C35H32FN3O2S/c1-23-8-9-24(2)27(18-23)20-38-21-34(30-6-4-5-7-32(30)38)42-22-35(40)39-33(26-10-14-28(36)15-11-26)19-31(37-39)25-12-16-29(41-3)17-13-25/h4-18,21,33H,19-20,22H2,1-3H3/t33-/m1/s1. The van der Waals surface area contributed by atoms with Crippen LogP contribution in [0.25, 0.3) is 10.9 Å². The Kier molecular flexibility index (Phi) is 7.85. The van der Waals surface area contributed by atoms with E-state index in [1.165, 1.54) is 40.6 Å². The number of halogens is 1. The maximum Gasteiger partial charge on any atom is 0.253 e. The summed E-state index contributed by atoms with van der Waals surface area (Å²) in [4.78, 5) is 14.8. The van der Waals surface area contributed by atoms with Gasteiger partial charge in [-0.05, 0) is 78.6 Å². The van der Waals surface area contributed by atoms with E-state index in [2.05, 4.69) is 61.0 Å². The Morgan fingerprint density at radius 3 is 2.52 bits per heavy atom. The van der Waals surface area contributed by atoms with Gasteiger partial charge in [0, 0.05) is 35.0 Å². The molecule has 212 valence electrons. The summed E-state index contributed by atoms with van der Waals surface area (Å²) in [6.07, 6.45) is 2.70. The molecule has 0 aliphatic carbocycles. The molecule has 0 bridgehead atoms. The number of aromatic nitrogens is 1. The molecule has 5 nitrogen and oxygen atoms in total.